The largest absolute Gasteiger partial charge is 0.445 e. The number of amides is 2. The molecule has 0 unspecified atom stereocenters. The molecule has 0 spiro atoms. The second-order valence-electron chi connectivity index (χ2n) is 4.40. The molecule has 6 nitrogen and oxygen atoms in total. The van der Waals surface area contributed by atoms with Gasteiger partial charge in [0.15, 0.2) is 0 Å². The highest BCUT2D eigenvalue weighted by molar-refractivity contribution is 5.76. The Morgan fingerprint density at radius 2 is 2.05 bits per heavy atom. The van der Waals surface area contributed by atoms with Crippen LogP contribution in [0.1, 0.15) is 19.3 Å². The minimum absolute atomic E-state index is 0.204. The highest BCUT2D eigenvalue weighted by Gasteiger charge is 2.15. The Morgan fingerprint density at radius 1 is 1.32 bits per heavy atom. The number of nitrogens with one attached hydrogen (secondary N) is 2. The summed E-state index contributed by atoms with van der Waals surface area (Å²) >= 11 is 0. The molecule has 1 fully saturated rings. The molecule has 0 bridgehead atoms. The molecule has 2 N–H and O–H groups in total. The van der Waals surface area contributed by atoms with Gasteiger partial charge in [-0.2, -0.15) is 0 Å². The summed E-state index contributed by atoms with van der Waals surface area (Å²) in [4.78, 5) is 24.8. The second kappa shape index (κ2) is 9.38. The maximum Gasteiger partial charge on any atom is 0.407 e. The van der Waals surface area contributed by atoms with E-state index in [0.29, 0.717) is 13.0 Å². The first-order chi connectivity index (χ1) is 9.24. The molecule has 1 aliphatic rings. The molecule has 0 aromatic carbocycles. The van der Waals surface area contributed by atoms with Crippen LogP contribution in [0.2, 0.25) is 0 Å². The van der Waals surface area contributed by atoms with E-state index in [0.717, 1.165) is 39.0 Å². The van der Waals surface area contributed by atoms with Crippen LogP contribution in [0.5, 0.6) is 0 Å². The van der Waals surface area contributed by atoms with Crippen LogP contribution in [0.3, 0.4) is 0 Å². The molecule has 1 heterocycles. The summed E-state index contributed by atoms with van der Waals surface area (Å²) in [5, 5.41) is 5.84. The van der Waals surface area contributed by atoms with Crippen molar-refractivity contribution in [2.75, 3.05) is 39.3 Å². The second-order valence-corrected chi connectivity index (χ2v) is 4.40. The van der Waals surface area contributed by atoms with Crippen molar-refractivity contribution in [3.63, 3.8) is 0 Å². The smallest absolute Gasteiger partial charge is 0.407 e. The number of nitrogens with zero attached hydrogens (tertiary/aromatic N) is 1. The fraction of sp³-hybridized carbons (Fsp3) is 0.692. The van der Waals surface area contributed by atoms with Gasteiger partial charge in [-0.25, -0.2) is 4.79 Å². The molecule has 0 atom stereocenters. The van der Waals surface area contributed by atoms with E-state index in [1.807, 2.05) is 4.90 Å². The van der Waals surface area contributed by atoms with Gasteiger partial charge >= 0.3 is 6.09 Å². The Bertz CT molecular complexity index is 302. The Kier molecular flexibility index (Phi) is 7.65. The summed E-state index contributed by atoms with van der Waals surface area (Å²) in [5.41, 5.74) is 0. The van der Waals surface area contributed by atoms with Crippen molar-refractivity contribution in [2.24, 2.45) is 0 Å². The van der Waals surface area contributed by atoms with E-state index in [4.69, 9.17) is 4.74 Å². The first-order valence-electron chi connectivity index (χ1n) is 6.74. The van der Waals surface area contributed by atoms with Gasteiger partial charge in [-0.1, -0.05) is 12.7 Å². The van der Waals surface area contributed by atoms with E-state index in [2.05, 4.69) is 17.2 Å². The number of carbonyl (C=O) groups is 2. The molecule has 19 heavy (non-hydrogen) atoms. The lowest BCUT2D eigenvalue weighted by molar-refractivity contribution is -0.131. The lowest BCUT2D eigenvalue weighted by atomic mass is 10.2. The molecule has 6 heteroatoms. The van der Waals surface area contributed by atoms with Crippen LogP contribution in [-0.4, -0.2) is 56.2 Å². The van der Waals surface area contributed by atoms with Crippen molar-refractivity contribution in [1.82, 2.24) is 15.5 Å². The van der Waals surface area contributed by atoms with Gasteiger partial charge in [0.25, 0.3) is 0 Å². The zero-order chi connectivity index (χ0) is 13.9. The van der Waals surface area contributed by atoms with E-state index in [9.17, 15) is 9.59 Å². The van der Waals surface area contributed by atoms with Gasteiger partial charge in [0.1, 0.15) is 6.61 Å². The van der Waals surface area contributed by atoms with Gasteiger partial charge in [0.05, 0.1) is 0 Å². The van der Waals surface area contributed by atoms with Crippen LogP contribution in [-0.2, 0) is 9.53 Å². The predicted octanol–water partition coefficient (Wildman–Crippen LogP) is 0.501. The Morgan fingerprint density at radius 3 is 2.74 bits per heavy atom. The summed E-state index contributed by atoms with van der Waals surface area (Å²) in [7, 11) is 0. The number of hydrogen-bond acceptors (Lipinski definition) is 4. The van der Waals surface area contributed by atoms with Crippen LogP contribution in [0.25, 0.3) is 0 Å². The molecule has 0 saturated carbocycles. The van der Waals surface area contributed by atoms with E-state index < -0.39 is 6.09 Å². The summed E-state index contributed by atoms with van der Waals surface area (Å²) in [6.45, 7) is 7.55. The summed E-state index contributed by atoms with van der Waals surface area (Å²) < 4.78 is 4.76. The van der Waals surface area contributed by atoms with Gasteiger partial charge in [-0.3, -0.25) is 4.79 Å². The number of piperazine rings is 1. The number of ether oxygens (including phenoxy) is 1. The molecule has 1 saturated heterocycles. The number of unbranched alkanes of at least 4 members (excludes halogenated alkanes) is 1. The van der Waals surface area contributed by atoms with Crippen molar-refractivity contribution in [1.29, 1.82) is 0 Å². The molecule has 1 aliphatic heterocycles. The minimum atomic E-state index is -0.437. The van der Waals surface area contributed by atoms with E-state index in [1.54, 1.807) is 0 Å². The van der Waals surface area contributed by atoms with Crippen molar-refractivity contribution in [3.8, 4) is 0 Å². The third-order valence-corrected chi connectivity index (χ3v) is 2.89. The predicted molar refractivity (Wildman–Crippen MR) is 72.8 cm³/mol. The lowest BCUT2D eigenvalue weighted by Crippen LogP contribution is -2.46. The van der Waals surface area contributed by atoms with Crippen molar-refractivity contribution >= 4 is 12.0 Å². The van der Waals surface area contributed by atoms with Crippen molar-refractivity contribution < 1.29 is 14.3 Å². The highest BCUT2D eigenvalue weighted by Crippen LogP contribution is 2.02. The van der Waals surface area contributed by atoms with Crippen molar-refractivity contribution in [2.45, 2.75) is 19.3 Å². The van der Waals surface area contributed by atoms with Crippen LogP contribution < -0.4 is 10.6 Å². The average molecular weight is 269 g/mol. The quantitative estimate of drug-likeness (QED) is 0.521. The maximum atomic E-state index is 11.8. The minimum Gasteiger partial charge on any atom is -0.445 e. The first kappa shape index (κ1) is 15.5. The van der Waals surface area contributed by atoms with Gasteiger partial charge in [0, 0.05) is 39.1 Å². The fourth-order valence-corrected chi connectivity index (χ4v) is 1.85. The van der Waals surface area contributed by atoms with Crippen LogP contribution in [0.4, 0.5) is 4.79 Å². The molecular weight excluding hydrogens is 246 g/mol. The molecule has 108 valence electrons. The van der Waals surface area contributed by atoms with Crippen LogP contribution >= 0.6 is 0 Å². The highest BCUT2D eigenvalue weighted by atomic mass is 16.5. The van der Waals surface area contributed by atoms with Gasteiger partial charge in [-0.05, 0) is 12.8 Å². The normalized spacial score (nSPS) is 14.8. The summed E-state index contributed by atoms with van der Waals surface area (Å²) in [5.74, 6) is 0.204. The van der Waals surface area contributed by atoms with Gasteiger partial charge in [-0.15, -0.1) is 0 Å². The zero-order valence-electron chi connectivity index (χ0n) is 11.3. The summed E-state index contributed by atoms with van der Waals surface area (Å²) in [6, 6.07) is 0. The molecule has 0 aliphatic carbocycles. The van der Waals surface area contributed by atoms with E-state index in [1.165, 1.54) is 6.08 Å². The van der Waals surface area contributed by atoms with Crippen LogP contribution in [0, 0.1) is 0 Å². The number of carbonyl (C=O) groups excluding carboxylic acids is 2. The molecule has 2 amide bonds. The first-order valence-corrected chi connectivity index (χ1v) is 6.74. The number of rotatable bonds is 7. The van der Waals surface area contributed by atoms with Gasteiger partial charge in [0.2, 0.25) is 5.91 Å². The standard InChI is InChI=1S/C13H23N3O3/c1-2-11-19-13(18)15-6-4-3-5-12(17)16-9-7-14-8-10-16/h2,14H,1,3-11H2,(H,15,18). The Balaban J connectivity index is 1.99. The number of hydrogen-bond donors (Lipinski definition) is 2. The fourth-order valence-electron chi connectivity index (χ4n) is 1.85. The SMILES string of the molecule is C=CCOC(=O)NCCCCC(=O)N1CCNCC1. The lowest BCUT2D eigenvalue weighted by Gasteiger charge is -2.27. The topological polar surface area (TPSA) is 70.7 Å². The molecular formula is C13H23N3O3. The third kappa shape index (κ3) is 6.81. The van der Waals surface area contributed by atoms with Gasteiger partial charge < -0.3 is 20.3 Å². The molecule has 0 aromatic rings. The van der Waals surface area contributed by atoms with E-state index >= 15 is 0 Å². The van der Waals surface area contributed by atoms with Crippen LogP contribution in [0.15, 0.2) is 12.7 Å². The maximum absolute atomic E-state index is 11.8. The zero-order valence-corrected chi connectivity index (χ0v) is 11.3. The molecule has 1 rings (SSSR count). The van der Waals surface area contributed by atoms with E-state index in [-0.39, 0.29) is 12.5 Å². The Hall–Kier alpha value is -1.56. The monoisotopic (exact) mass is 269 g/mol. The summed E-state index contributed by atoms with van der Waals surface area (Å²) in [6.07, 6.45) is 3.19. The third-order valence-electron chi connectivity index (χ3n) is 2.89. The molecule has 0 aromatic heterocycles. The number of alkyl carbamates (subject to hydrolysis) is 1. The average Bonchev–Trinajstić information content (AvgIpc) is 2.45. The molecule has 0 radical (unpaired) electrons. The van der Waals surface area contributed by atoms with Crippen molar-refractivity contribution in [3.05, 3.63) is 12.7 Å². The Labute approximate surface area is 114 Å².